The van der Waals surface area contributed by atoms with Gasteiger partial charge in [-0.3, -0.25) is 4.79 Å². The second-order valence-corrected chi connectivity index (χ2v) is 7.58. The molecule has 0 radical (unpaired) electrons. The van der Waals surface area contributed by atoms with Crippen molar-refractivity contribution in [3.05, 3.63) is 65.2 Å². The molecule has 4 atom stereocenters. The third-order valence-electron chi connectivity index (χ3n) is 5.46. The lowest BCUT2D eigenvalue weighted by Gasteiger charge is -2.18. The molecule has 0 spiro atoms. The van der Waals surface area contributed by atoms with Crippen LogP contribution >= 0.6 is 0 Å². The van der Waals surface area contributed by atoms with Crippen LogP contribution in [0.5, 0.6) is 5.75 Å². The van der Waals surface area contributed by atoms with Gasteiger partial charge in [0.1, 0.15) is 23.5 Å². The molecule has 0 bridgehead atoms. The van der Waals surface area contributed by atoms with Crippen molar-refractivity contribution in [1.29, 1.82) is 0 Å². The maximum Gasteiger partial charge on any atom is 0.342 e. The van der Waals surface area contributed by atoms with Crippen LogP contribution in [0.15, 0.2) is 48.5 Å². The largest absolute Gasteiger partial charge is 0.453 e. The highest BCUT2D eigenvalue weighted by molar-refractivity contribution is 5.93. The zero-order valence-corrected chi connectivity index (χ0v) is 17.8. The Bertz CT molecular complexity index is 1020. The average molecular weight is 440 g/mol. The fourth-order valence-electron chi connectivity index (χ4n) is 3.94. The van der Waals surface area contributed by atoms with E-state index in [2.05, 4.69) is 0 Å². The Hall–Kier alpha value is -3.23. The molecule has 2 saturated heterocycles. The molecule has 1 unspecified atom stereocenters. The van der Waals surface area contributed by atoms with Crippen molar-refractivity contribution < 1.29 is 38.1 Å². The second kappa shape index (κ2) is 9.50. The molecule has 2 aromatic carbocycles. The lowest BCUT2D eigenvalue weighted by Crippen LogP contribution is -2.36. The van der Waals surface area contributed by atoms with Crippen LogP contribution in [-0.4, -0.2) is 55.5 Å². The molecule has 0 amide bonds. The summed E-state index contributed by atoms with van der Waals surface area (Å²) in [5.74, 6) is -1.51. The predicted molar refractivity (Wildman–Crippen MR) is 111 cm³/mol. The van der Waals surface area contributed by atoms with Crippen LogP contribution in [-0.2, 0) is 30.2 Å². The monoisotopic (exact) mass is 440 g/mol. The molecule has 2 aromatic rings. The quantitative estimate of drug-likeness (QED) is 0.500. The van der Waals surface area contributed by atoms with Crippen molar-refractivity contribution in [3.8, 4) is 5.75 Å². The minimum absolute atomic E-state index is 0.108. The molecular weight excluding hydrogens is 416 g/mol. The van der Waals surface area contributed by atoms with Gasteiger partial charge in [0.15, 0.2) is 12.2 Å². The molecule has 2 fully saturated rings. The van der Waals surface area contributed by atoms with Gasteiger partial charge in [0.05, 0.1) is 18.8 Å². The van der Waals surface area contributed by atoms with Gasteiger partial charge in [0, 0.05) is 6.92 Å². The van der Waals surface area contributed by atoms with Crippen LogP contribution in [0.2, 0.25) is 0 Å². The van der Waals surface area contributed by atoms with E-state index < -0.39 is 42.3 Å². The van der Waals surface area contributed by atoms with Gasteiger partial charge in [0.2, 0.25) is 0 Å². The number of ether oxygens (including phenoxy) is 5. The second-order valence-electron chi connectivity index (χ2n) is 7.58. The third kappa shape index (κ3) is 4.51. The van der Waals surface area contributed by atoms with Crippen molar-refractivity contribution in [2.75, 3.05) is 13.2 Å². The van der Waals surface area contributed by atoms with Crippen molar-refractivity contribution in [3.63, 3.8) is 0 Å². The molecular formula is C24H24O8. The number of carbonyl (C=O) groups is 3. The van der Waals surface area contributed by atoms with Gasteiger partial charge in [-0.15, -0.1) is 0 Å². The fraction of sp³-hybridized carbons (Fsp3) is 0.375. The van der Waals surface area contributed by atoms with E-state index in [1.807, 2.05) is 19.1 Å². The number of para-hydroxylation sites is 1. The molecule has 2 aliphatic rings. The Morgan fingerprint density at radius 2 is 1.38 bits per heavy atom. The van der Waals surface area contributed by atoms with Crippen LogP contribution < -0.4 is 4.74 Å². The lowest BCUT2D eigenvalue weighted by atomic mass is 10.1. The number of carbonyl (C=O) groups excluding carboxylic acids is 3. The Morgan fingerprint density at radius 1 is 0.844 bits per heavy atom. The molecule has 0 aliphatic carbocycles. The Labute approximate surface area is 185 Å². The highest BCUT2D eigenvalue weighted by Crippen LogP contribution is 2.32. The first kappa shape index (κ1) is 22.0. The topological polar surface area (TPSA) is 97.4 Å². The summed E-state index contributed by atoms with van der Waals surface area (Å²) in [7, 11) is 0. The van der Waals surface area contributed by atoms with Crippen molar-refractivity contribution >= 4 is 17.9 Å². The first-order valence-corrected chi connectivity index (χ1v) is 10.5. The normalized spacial score (nSPS) is 23.9. The molecule has 4 rings (SSSR count). The van der Waals surface area contributed by atoms with E-state index in [1.54, 1.807) is 24.3 Å². The number of fused-ring (bicyclic) bond motifs is 1. The van der Waals surface area contributed by atoms with Gasteiger partial charge >= 0.3 is 17.9 Å². The number of benzene rings is 2. The van der Waals surface area contributed by atoms with E-state index in [-0.39, 0.29) is 24.5 Å². The summed E-state index contributed by atoms with van der Waals surface area (Å²) in [6.45, 7) is 3.48. The molecule has 32 heavy (non-hydrogen) atoms. The number of hydrogen-bond donors (Lipinski definition) is 0. The standard InChI is InChI=1S/C24H24O8/c1-3-15-8-4-5-9-16(15)23(26)31-19-12-28-22-20(13-29-21(19)22)32-24(27)17-10-6-7-11-18(17)30-14(2)25/h4-11,19-22H,3,12-13H2,1-2H3/t19-,20?,21-,22-/m1/s1. The summed E-state index contributed by atoms with van der Waals surface area (Å²) in [6.07, 6.45) is -1.66. The van der Waals surface area contributed by atoms with Crippen molar-refractivity contribution in [2.24, 2.45) is 0 Å². The predicted octanol–water partition coefficient (Wildman–Crippen LogP) is 2.72. The zero-order chi connectivity index (χ0) is 22.7. The summed E-state index contributed by atoms with van der Waals surface area (Å²) in [6, 6.07) is 13.6. The maximum atomic E-state index is 12.7. The summed E-state index contributed by atoms with van der Waals surface area (Å²) in [4.78, 5) is 36.7. The van der Waals surface area contributed by atoms with Crippen LogP contribution in [0, 0.1) is 0 Å². The van der Waals surface area contributed by atoms with E-state index in [4.69, 9.17) is 23.7 Å². The molecule has 2 heterocycles. The van der Waals surface area contributed by atoms with Gasteiger partial charge in [-0.1, -0.05) is 37.3 Å². The number of hydrogen-bond acceptors (Lipinski definition) is 8. The minimum Gasteiger partial charge on any atom is -0.453 e. The Balaban J connectivity index is 1.40. The van der Waals surface area contributed by atoms with Gasteiger partial charge in [-0.05, 0) is 30.2 Å². The van der Waals surface area contributed by atoms with Crippen LogP contribution in [0.1, 0.15) is 40.1 Å². The number of rotatable bonds is 6. The van der Waals surface area contributed by atoms with E-state index in [0.29, 0.717) is 12.0 Å². The molecule has 0 N–H and O–H groups in total. The SMILES string of the molecule is CCc1ccccc1C(=O)O[C@@H]1CO[C@@H]2C(OC(=O)c3ccccc3OC(C)=O)CO[C@@H]21. The number of esters is 3. The Kier molecular flexibility index (Phi) is 6.53. The third-order valence-corrected chi connectivity index (χ3v) is 5.46. The van der Waals surface area contributed by atoms with Gasteiger partial charge < -0.3 is 23.7 Å². The smallest absolute Gasteiger partial charge is 0.342 e. The highest BCUT2D eigenvalue weighted by Gasteiger charge is 2.51. The highest BCUT2D eigenvalue weighted by atomic mass is 16.7. The van der Waals surface area contributed by atoms with Gasteiger partial charge in [-0.2, -0.15) is 0 Å². The molecule has 8 heteroatoms. The zero-order valence-electron chi connectivity index (χ0n) is 17.8. The van der Waals surface area contributed by atoms with Gasteiger partial charge in [-0.25, -0.2) is 9.59 Å². The molecule has 8 nitrogen and oxygen atoms in total. The van der Waals surface area contributed by atoms with E-state index in [0.717, 1.165) is 5.56 Å². The van der Waals surface area contributed by atoms with Crippen LogP contribution in [0.25, 0.3) is 0 Å². The van der Waals surface area contributed by atoms with Gasteiger partial charge in [0.25, 0.3) is 0 Å². The van der Waals surface area contributed by atoms with Crippen LogP contribution in [0.4, 0.5) is 0 Å². The Morgan fingerprint density at radius 3 is 1.97 bits per heavy atom. The van der Waals surface area contributed by atoms with Crippen molar-refractivity contribution in [1.82, 2.24) is 0 Å². The molecule has 0 saturated carbocycles. The first-order valence-electron chi connectivity index (χ1n) is 10.5. The van der Waals surface area contributed by atoms with E-state index >= 15 is 0 Å². The first-order chi connectivity index (χ1) is 15.5. The number of aryl methyl sites for hydroxylation is 1. The summed E-state index contributed by atoms with van der Waals surface area (Å²) in [5.41, 5.74) is 1.54. The lowest BCUT2D eigenvalue weighted by molar-refractivity contribution is -0.131. The fourth-order valence-corrected chi connectivity index (χ4v) is 3.94. The molecule has 168 valence electrons. The minimum atomic E-state index is -0.676. The van der Waals surface area contributed by atoms with E-state index in [1.165, 1.54) is 19.1 Å². The van der Waals surface area contributed by atoms with Crippen molar-refractivity contribution in [2.45, 2.75) is 44.7 Å². The summed E-state index contributed by atoms with van der Waals surface area (Å²) in [5, 5.41) is 0. The maximum absolute atomic E-state index is 12.7. The van der Waals surface area contributed by atoms with E-state index in [9.17, 15) is 14.4 Å². The average Bonchev–Trinajstić information content (AvgIpc) is 3.37. The molecule has 0 aromatic heterocycles. The summed E-state index contributed by atoms with van der Waals surface area (Å²) < 4.78 is 27.9. The van der Waals surface area contributed by atoms with Crippen LogP contribution in [0.3, 0.4) is 0 Å². The molecule has 2 aliphatic heterocycles. The summed E-state index contributed by atoms with van der Waals surface area (Å²) >= 11 is 0.